The van der Waals surface area contributed by atoms with Gasteiger partial charge >= 0.3 is 5.97 Å². The third kappa shape index (κ3) is 2.97. The van der Waals surface area contributed by atoms with Crippen molar-refractivity contribution in [1.82, 2.24) is 4.90 Å². The van der Waals surface area contributed by atoms with Gasteiger partial charge in [0.05, 0.1) is 12.0 Å². The van der Waals surface area contributed by atoms with Crippen LogP contribution in [0.5, 0.6) is 0 Å². The summed E-state index contributed by atoms with van der Waals surface area (Å²) in [6, 6.07) is 0. The molecule has 3 rings (SSSR count). The molecule has 0 radical (unpaired) electrons. The summed E-state index contributed by atoms with van der Waals surface area (Å²) in [6.07, 6.45) is 6.95. The van der Waals surface area contributed by atoms with Crippen LogP contribution < -0.4 is 0 Å². The first-order chi connectivity index (χ1) is 9.65. The average Bonchev–Trinajstić information content (AvgIpc) is 2.97. The van der Waals surface area contributed by atoms with Crippen molar-refractivity contribution in [2.45, 2.75) is 44.6 Å². The van der Waals surface area contributed by atoms with Gasteiger partial charge in [0.1, 0.15) is 6.61 Å². The molecule has 3 aliphatic rings. The van der Waals surface area contributed by atoms with Gasteiger partial charge in [0, 0.05) is 13.1 Å². The van der Waals surface area contributed by atoms with Gasteiger partial charge in [-0.1, -0.05) is 12.8 Å². The SMILES string of the molecule is O=C(O)[C@H]1CN(C(=O)COC2CCCC2)C[C@@H]1C1CC1. The molecule has 1 N–H and O–H groups in total. The van der Waals surface area contributed by atoms with Gasteiger partial charge in [-0.15, -0.1) is 0 Å². The van der Waals surface area contributed by atoms with Crippen molar-refractivity contribution in [3.05, 3.63) is 0 Å². The summed E-state index contributed by atoms with van der Waals surface area (Å²) in [5.74, 6) is -0.495. The maximum Gasteiger partial charge on any atom is 0.308 e. The molecule has 1 saturated heterocycles. The van der Waals surface area contributed by atoms with E-state index in [1.807, 2.05) is 0 Å². The highest BCUT2D eigenvalue weighted by atomic mass is 16.5. The minimum atomic E-state index is -0.756. The average molecular weight is 281 g/mol. The summed E-state index contributed by atoms with van der Waals surface area (Å²) in [7, 11) is 0. The van der Waals surface area contributed by atoms with Crippen LogP contribution in [0.2, 0.25) is 0 Å². The topological polar surface area (TPSA) is 66.8 Å². The van der Waals surface area contributed by atoms with Crippen LogP contribution in [-0.2, 0) is 14.3 Å². The van der Waals surface area contributed by atoms with Crippen molar-refractivity contribution >= 4 is 11.9 Å². The molecular formula is C15H23NO4. The van der Waals surface area contributed by atoms with E-state index in [1.54, 1.807) is 4.90 Å². The number of carboxylic acids is 1. The molecule has 20 heavy (non-hydrogen) atoms. The minimum absolute atomic E-state index is 0.0358. The zero-order valence-electron chi connectivity index (χ0n) is 11.8. The predicted molar refractivity (Wildman–Crippen MR) is 72.1 cm³/mol. The van der Waals surface area contributed by atoms with Gasteiger partial charge in [-0.25, -0.2) is 0 Å². The maximum atomic E-state index is 12.2. The Hall–Kier alpha value is -1.10. The Morgan fingerprint density at radius 1 is 1.10 bits per heavy atom. The highest BCUT2D eigenvalue weighted by Gasteiger charge is 2.46. The van der Waals surface area contributed by atoms with E-state index in [4.69, 9.17) is 4.74 Å². The van der Waals surface area contributed by atoms with Crippen LogP contribution in [0, 0.1) is 17.8 Å². The monoisotopic (exact) mass is 281 g/mol. The van der Waals surface area contributed by atoms with Gasteiger partial charge in [-0.3, -0.25) is 9.59 Å². The van der Waals surface area contributed by atoms with E-state index >= 15 is 0 Å². The fourth-order valence-corrected chi connectivity index (χ4v) is 3.63. The number of carbonyl (C=O) groups excluding carboxylic acids is 1. The summed E-state index contributed by atoms with van der Waals surface area (Å²) in [5.41, 5.74) is 0. The number of hydrogen-bond donors (Lipinski definition) is 1. The van der Waals surface area contributed by atoms with Crippen molar-refractivity contribution in [3.8, 4) is 0 Å². The van der Waals surface area contributed by atoms with E-state index in [1.165, 1.54) is 12.8 Å². The number of ether oxygens (including phenoxy) is 1. The van der Waals surface area contributed by atoms with E-state index in [9.17, 15) is 14.7 Å². The lowest BCUT2D eigenvalue weighted by atomic mass is 9.92. The molecule has 1 heterocycles. The van der Waals surface area contributed by atoms with E-state index in [0.717, 1.165) is 25.7 Å². The Kier molecular flexibility index (Phi) is 3.96. The molecule has 2 atom stereocenters. The Balaban J connectivity index is 1.51. The second-order valence-electron chi connectivity index (χ2n) is 6.46. The number of carboxylic acid groups (broad SMARTS) is 1. The highest BCUT2D eigenvalue weighted by molar-refractivity contribution is 5.80. The number of hydrogen-bond acceptors (Lipinski definition) is 3. The highest BCUT2D eigenvalue weighted by Crippen LogP contribution is 2.44. The molecule has 1 amide bonds. The van der Waals surface area contributed by atoms with Crippen LogP contribution in [0.15, 0.2) is 0 Å². The summed E-state index contributed by atoms with van der Waals surface area (Å²) in [4.78, 5) is 25.2. The quantitative estimate of drug-likeness (QED) is 0.829. The summed E-state index contributed by atoms with van der Waals surface area (Å²) in [6.45, 7) is 1.09. The molecule has 2 saturated carbocycles. The van der Waals surface area contributed by atoms with Gasteiger partial charge < -0.3 is 14.7 Å². The number of rotatable bonds is 5. The fraction of sp³-hybridized carbons (Fsp3) is 0.867. The molecule has 0 unspecified atom stereocenters. The molecule has 5 nitrogen and oxygen atoms in total. The number of likely N-dealkylation sites (tertiary alicyclic amines) is 1. The van der Waals surface area contributed by atoms with Gasteiger partial charge in [0.25, 0.3) is 0 Å². The molecule has 0 spiro atoms. The van der Waals surface area contributed by atoms with Crippen molar-refractivity contribution < 1.29 is 19.4 Å². The maximum absolute atomic E-state index is 12.2. The third-order valence-electron chi connectivity index (χ3n) is 5.01. The van der Waals surface area contributed by atoms with Crippen molar-refractivity contribution in [2.75, 3.05) is 19.7 Å². The van der Waals surface area contributed by atoms with Crippen molar-refractivity contribution in [3.63, 3.8) is 0 Å². The first kappa shape index (κ1) is 13.9. The Bertz CT molecular complexity index is 387. The summed E-state index contributed by atoms with van der Waals surface area (Å²) < 4.78 is 5.65. The second-order valence-corrected chi connectivity index (χ2v) is 6.46. The molecule has 0 aromatic carbocycles. The molecule has 0 aromatic heterocycles. The summed E-state index contributed by atoms with van der Waals surface area (Å²) >= 11 is 0. The zero-order valence-corrected chi connectivity index (χ0v) is 11.8. The first-order valence-electron chi connectivity index (χ1n) is 7.77. The smallest absolute Gasteiger partial charge is 0.308 e. The number of aliphatic carboxylic acids is 1. The fourth-order valence-electron chi connectivity index (χ4n) is 3.63. The molecule has 5 heteroatoms. The van der Waals surface area contributed by atoms with Gasteiger partial charge in [0.2, 0.25) is 5.91 Å². The van der Waals surface area contributed by atoms with Gasteiger partial charge in [-0.2, -0.15) is 0 Å². The van der Waals surface area contributed by atoms with Crippen LogP contribution in [0.1, 0.15) is 38.5 Å². The molecule has 112 valence electrons. The van der Waals surface area contributed by atoms with Crippen molar-refractivity contribution in [2.24, 2.45) is 17.8 Å². The number of carbonyl (C=O) groups is 2. The summed E-state index contributed by atoms with van der Waals surface area (Å²) in [5, 5.41) is 9.29. The van der Waals surface area contributed by atoms with E-state index in [2.05, 4.69) is 0 Å². The lowest BCUT2D eigenvalue weighted by Gasteiger charge is -2.18. The van der Waals surface area contributed by atoms with Crippen molar-refractivity contribution in [1.29, 1.82) is 0 Å². The first-order valence-corrected chi connectivity index (χ1v) is 7.77. The Morgan fingerprint density at radius 3 is 2.40 bits per heavy atom. The van der Waals surface area contributed by atoms with Crippen LogP contribution in [-0.4, -0.2) is 47.7 Å². The van der Waals surface area contributed by atoms with Crippen LogP contribution in [0.3, 0.4) is 0 Å². The minimum Gasteiger partial charge on any atom is -0.481 e. The molecule has 0 aromatic rings. The zero-order chi connectivity index (χ0) is 14.1. The van der Waals surface area contributed by atoms with Crippen LogP contribution in [0.4, 0.5) is 0 Å². The van der Waals surface area contributed by atoms with Crippen LogP contribution in [0.25, 0.3) is 0 Å². The lowest BCUT2D eigenvalue weighted by molar-refractivity contribution is -0.143. The molecule has 3 fully saturated rings. The van der Waals surface area contributed by atoms with E-state index in [-0.39, 0.29) is 30.5 Å². The van der Waals surface area contributed by atoms with E-state index < -0.39 is 5.97 Å². The largest absolute Gasteiger partial charge is 0.481 e. The molecule has 1 aliphatic heterocycles. The van der Waals surface area contributed by atoms with Gasteiger partial charge in [-0.05, 0) is 37.5 Å². The third-order valence-corrected chi connectivity index (χ3v) is 5.01. The molecule has 0 bridgehead atoms. The van der Waals surface area contributed by atoms with E-state index in [0.29, 0.717) is 19.0 Å². The lowest BCUT2D eigenvalue weighted by Crippen LogP contribution is -2.34. The molecular weight excluding hydrogens is 258 g/mol. The second kappa shape index (κ2) is 5.72. The van der Waals surface area contributed by atoms with Crippen LogP contribution >= 0.6 is 0 Å². The molecule has 2 aliphatic carbocycles. The standard InChI is InChI=1S/C15H23NO4/c17-14(9-20-11-3-1-2-4-11)16-7-12(10-5-6-10)13(8-16)15(18)19/h10-13H,1-9H2,(H,18,19)/t12-,13+/m1/s1. The normalized spacial score (nSPS) is 30.9. The Labute approximate surface area is 119 Å². The Morgan fingerprint density at radius 2 is 1.80 bits per heavy atom. The predicted octanol–water partition coefficient (Wildman–Crippen LogP) is 1.51. The number of amides is 1. The number of nitrogens with zero attached hydrogens (tertiary/aromatic N) is 1. The van der Waals surface area contributed by atoms with Gasteiger partial charge in [0.15, 0.2) is 0 Å².